The summed E-state index contributed by atoms with van der Waals surface area (Å²) < 4.78 is 13.0. The number of hydrogen-bond acceptors (Lipinski definition) is 3. The number of hydrogen-bond donors (Lipinski definition) is 0. The van der Waals surface area contributed by atoms with Gasteiger partial charge in [0, 0.05) is 4.90 Å². The van der Waals surface area contributed by atoms with Gasteiger partial charge in [0.15, 0.2) is 0 Å². The monoisotopic (exact) mass is 317 g/mol. The maximum absolute atomic E-state index is 13.0. The average Bonchev–Trinajstić information content (AvgIpc) is 2.51. The minimum atomic E-state index is -0.240. The van der Waals surface area contributed by atoms with Crippen LogP contribution in [-0.4, -0.2) is 18.6 Å². The summed E-state index contributed by atoms with van der Waals surface area (Å²) in [7, 11) is 1.53. The highest BCUT2D eigenvalue weighted by Crippen LogP contribution is 2.21. The SMILES string of the molecule is CO/N=C(/CCCSc1cccc(C)c1)c1ccc(F)cc1. The molecule has 0 unspecified atom stereocenters. The lowest BCUT2D eigenvalue weighted by molar-refractivity contribution is 0.213. The van der Waals surface area contributed by atoms with E-state index in [1.165, 1.54) is 29.7 Å². The van der Waals surface area contributed by atoms with E-state index in [1.54, 1.807) is 12.1 Å². The van der Waals surface area contributed by atoms with Gasteiger partial charge in [0.2, 0.25) is 0 Å². The molecule has 2 aromatic carbocycles. The number of aryl methyl sites for hydroxylation is 1. The minimum Gasteiger partial charge on any atom is -0.399 e. The second-order valence-electron chi connectivity index (χ2n) is 5.00. The lowest BCUT2D eigenvalue weighted by Gasteiger charge is -2.06. The molecular weight excluding hydrogens is 297 g/mol. The standard InChI is InChI=1S/C18H20FNOS/c1-14-5-3-6-17(13-14)22-12-4-7-18(20-21-2)15-8-10-16(19)11-9-15/h3,5-6,8-11,13H,4,7,12H2,1-2H3/b20-18-. The third-order valence-corrected chi connectivity index (χ3v) is 4.28. The van der Waals surface area contributed by atoms with Gasteiger partial charge in [0.25, 0.3) is 0 Å². The third kappa shape index (κ3) is 5.19. The minimum absolute atomic E-state index is 0.240. The third-order valence-electron chi connectivity index (χ3n) is 3.20. The number of rotatable bonds is 7. The van der Waals surface area contributed by atoms with E-state index < -0.39 is 0 Å². The molecule has 22 heavy (non-hydrogen) atoms. The van der Waals surface area contributed by atoms with Gasteiger partial charge in [-0.3, -0.25) is 0 Å². The van der Waals surface area contributed by atoms with Gasteiger partial charge in [-0.25, -0.2) is 4.39 Å². The molecule has 0 radical (unpaired) electrons. The molecule has 2 nitrogen and oxygen atoms in total. The summed E-state index contributed by atoms with van der Waals surface area (Å²) >= 11 is 1.84. The van der Waals surface area contributed by atoms with E-state index in [-0.39, 0.29) is 5.82 Å². The summed E-state index contributed by atoms with van der Waals surface area (Å²) in [6.07, 6.45) is 1.79. The zero-order chi connectivity index (χ0) is 15.8. The highest BCUT2D eigenvalue weighted by Gasteiger charge is 2.05. The molecule has 2 aromatic rings. The molecule has 0 aliphatic rings. The van der Waals surface area contributed by atoms with E-state index in [0.717, 1.165) is 29.9 Å². The Bertz CT molecular complexity index is 625. The predicted octanol–water partition coefficient (Wildman–Crippen LogP) is 5.06. The van der Waals surface area contributed by atoms with Crippen molar-refractivity contribution >= 4 is 17.5 Å². The highest BCUT2D eigenvalue weighted by atomic mass is 32.2. The first-order valence-corrected chi connectivity index (χ1v) is 8.23. The van der Waals surface area contributed by atoms with Crippen LogP contribution in [0.4, 0.5) is 4.39 Å². The van der Waals surface area contributed by atoms with Crippen molar-refractivity contribution in [1.29, 1.82) is 0 Å². The molecule has 0 saturated carbocycles. The fourth-order valence-electron chi connectivity index (χ4n) is 2.13. The van der Waals surface area contributed by atoms with Crippen molar-refractivity contribution in [3.05, 3.63) is 65.5 Å². The van der Waals surface area contributed by atoms with Crippen molar-refractivity contribution in [2.75, 3.05) is 12.9 Å². The van der Waals surface area contributed by atoms with Gasteiger partial charge in [0.1, 0.15) is 12.9 Å². The second-order valence-corrected chi connectivity index (χ2v) is 6.16. The normalized spacial score (nSPS) is 11.5. The Kier molecular flexibility index (Phi) is 6.46. The summed E-state index contributed by atoms with van der Waals surface area (Å²) in [5.74, 6) is 0.767. The molecule has 0 N–H and O–H groups in total. The first-order valence-electron chi connectivity index (χ1n) is 7.24. The quantitative estimate of drug-likeness (QED) is 0.308. The van der Waals surface area contributed by atoms with E-state index in [9.17, 15) is 4.39 Å². The van der Waals surface area contributed by atoms with Crippen LogP contribution < -0.4 is 0 Å². The first kappa shape index (κ1) is 16.6. The summed E-state index contributed by atoms with van der Waals surface area (Å²) in [6, 6.07) is 14.9. The van der Waals surface area contributed by atoms with E-state index in [1.807, 2.05) is 11.8 Å². The van der Waals surface area contributed by atoms with Crippen LogP contribution in [0.3, 0.4) is 0 Å². The molecule has 0 saturated heterocycles. The van der Waals surface area contributed by atoms with Gasteiger partial charge in [-0.05, 0) is 55.3 Å². The van der Waals surface area contributed by atoms with Crippen LogP contribution >= 0.6 is 11.8 Å². The summed E-state index contributed by atoms with van der Waals surface area (Å²) in [5.41, 5.74) is 3.04. The van der Waals surface area contributed by atoms with Gasteiger partial charge < -0.3 is 4.84 Å². The molecule has 0 atom stereocenters. The van der Waals surface area contributed by atoms with Crippen molar-refractivity contribution in [1.82, 2.24) is 0 Å². The number of nitrogens with zero attached hydrogens (tertiary/aromatic N) is 1. The fourth-order valence-corrected chi connectivity index (χ4v) is 3.10. The van der Waals surface area contributed by atoms with Crippen LogP contribution in [0.25, 0.3) is 0 Å². The Morgan fingerprint density at radius 1 is 1.18 bits per heavy atom. The van der Waals surface area contributed by atoms with Gasteiger partial charge >= 0.3 is 0 Å². The van der Waals surface area contributed by atoms with E-state index >= 15 is 0 Å². The van der Waals surface area contributed by atoms with Gasteiger partial charge in [0.05, 0.1) is 5.71 Å². The Morgan fingerprint density at radius 2 is 1.95 bits per heavy atom. The lowest BCUT2D eigenvalue weighted by atomic mass is 10.1. The molecular formula is C18H20FNOS. The van der Waals surface area contributed by atoms with Crippen molar-refractivity contribution in [3.8, 4) is 0 Å². The van der Waals surface area contributed by atoms with Crippen LogP contribution in [0.2, 0.25) is 0 Å². The number of oxime groups is 1. The van der Waals surface area contributed by atoms with Crippen LogP contribution in [-0.2, 0) is 4.84 Å². The molecule has 0 fully saturated rings. The Labute approximate surface area is 135 Å². The Hall–Kier alpha value is -1.81. The molecule has 0 aromatic heterocycles. The number of thioether (sulfide) groups is 1. The van der Waals surface area contributed by atoms with Crippen molar-refractivity contribution in [2.24, 2.45) is 5.16 Å². The Balaban J connectivity index is 1.87. The molecule has 0 amide bonds. The fraction of sp³-hybridized carbons (Fsp3) is 0.278. The van der Waals surface area contributed by atoms with Crippen LogP contribution in [0.15, 0.2) is 58.6 Å². The van der Waals surface area contributed by atoms with E-state index in [2.05, 4.69) is 36.3 Å². The first-order chi connectivity index (χ1) is 10.7. The predicted molar refractivity (Wildman–Crippen MR) is 91.1 cm³/mol. The van der Waals surface area contributed by atoms with Crippen molar-refractivity contribution in [3.63, 3.8) is 0 Å². The maximum Gasteiger partial charge on any atom is 0.123 e. The van der Waals surface area contributed by atoms with Crippen molar-refractivity contribution in [2.45, 2.75) is 24.7 Å². The summed E-state index contributed by atoms with van der Waals surface area (Å²) in [5, 5.41) is 4.07. The molecule has 0 bridgehead atoms. The topological polar surface area (TPSA) is 21.6 Å². The molecule has 0 aliphatic carbocycles. The largest absolute Gasteiger partial charge is 0.399 e. The smallest absolute Gasteiger partial charge is 0.123 e. The second kappa shape index (κ2) is 8.59. The number of halogens is 1. The maximum atomic E-state index is 13.0. The summed E-state index contributed by atoms with van der Waals surface area (Å²) in [4.78, 5) is 6.19. The van der Waals surface area contributed by atoms with Gasteiger partial charge in [-0.1, -0.05) is 35.0 Å². The van der Waals surface area contributed by atoms with Gasteiger partial charge in [-0.15, -0.1) is 11.8 Å². The Morgan fingerprint density at radius 3 is 2.64 bits per heavy atom. The number of benzene rings is 2. The highest BCUT2D eigenvalue weighted by molar-refractivity contribution is 7.99. The van der Waals surface area contributed by atoms with E-state index in [0.29, 0.717) is 0 Å². The van der Waals surface area contributed by atoms with E-state index in [4.69, 9.17) is 4.84 Å². The van der Waals surface area contributed by atoms with Gasteiger partial charge in [-0.2, -0.15) is 0 Å². The molecule has 116 valence electrons. The molecule has 2 rings (SSSR count). The molecule has 4 heteroatoms. The average molecular weight is 317 g/mol. The van der Waals surface area contributed by atoms with Crippen LogP contribution in [0, 0.1) is 12.7 Å². The van der Waals surface area contributed by atoms with Crippen molar-refractivity contribution < 1.29 is 9.23 Å². The zero-order valence-corrected chi connectivity index (χ0v) is 13.7. The molecule has 0 heterocycles. The van der Waals surface area contributed by atoms with Crippen LogP contribution in [0.1, 0.15) is 24.0 Å². The zero-order valence-electron chi connectivity index (χ0n) is 12.9. The lowest BCUT2D eigenvalue weighted by Crippen LogP contribution is -2.02. The molecule has 0 aliphatic heterocycles. The molecule has 0 spiro atoms. The van der Waals surface area contributed by atoms with Crippen LogP contribution in [0.5, 0.6) is 0 Å². The summed E-state index contributed by atoms with van der Waals surface area (Å²) in [6.45, 7) is 2.10.